The molecule has 8 bridgehead atoms. The smallest absolute Gasteiger partial charge is 0.176 e. The summed E-state index contributed by atoms with van der Waals surface area (Å²) in [5.41, 5.74) is 16.1. The molecule has 9 rings (SSSR count). The number of hydrogen-bond donors (Lipinski definition) is 2. The van der Waals surface area contributed by atoms with Gasteiger partial charge in [0.1, 0.15) is 7.05 Å². The molecule has 7 aromatic rings. The summed E-state index contributed by atoms with van der Waals surface area (Å²) in [5.74, 6) is 0. The maximum absolute atomic E-state index is 5.34. The maximum atomic E-state index is 5.34. The summed E-state index contributed by atoms with van der Waals surface area (Å²) >= 11 is 0. The first-order valence-corrected chi connectivity index (χ1v) is 16.5. The van der Waals surface area contributed by atoms with E-state index in [9.17, 15) is 0 Å². The highest BCUT2D eigenvalue weighted by Crippen LogP contribution is 2.38. The molecule has 0 unspecified atom stereocenters. The highest BCUT2D eigenvalue weighted by atomic mass is 14.9. The zero-order chi connectivity index (χ0) is 32.7. The Hall–Kier alpha value is -6.59. The van der Waals surface area contributed by atoms with Crippen LogP contribution in [-0.2, 0) is 7.05 Å². The number of nitrogens with zero attached hydrogens (tertiary/aromatic N) is 3. The van der Waals surface area contributed by atoms with E-state index in [1.54, 1.807) is 0 Å². The summed E-state index contributed by atoms with van der Waals surface area (Å²) in [7, 11) is 2.06. The van der Waals surface area contributed by atoms with E-state index >= 15 is 0 Å². The number of fused-ring (bicyclic) bond motifs is 8. The van der Waals surface area contributed by atoms with Crippen molar-refractivity contribution in [1.82, 2.24) is 19.9 Å². The van der Waals surface area contributed by atoms with Crippen LogP contribution in [0, 0.1) is 0 Å². The molecular weight excluding hydrogens is 599 g/mol. The van der Waals surface area contributed by atoms with Gasteiger partial charge in [-0.25, -0.2) is 14.5 Å². The second-order valence-electron chi connectivity index (χ2n) is 12.4. The van der Waals surface area contributed by atoms with Crippen LogP contribution in [0.25, 0.3) is 90.9 Å². The zero-order valence-corrected chi connectivity index (χ0v) is 26.9. The zero-order valence-electron chi connectivity index (χ0n) is 26.9. The van der Waals surface area contributed by atoms with Crippen molar-refractivity contribution in [3.05, 3.63) is 163 Å². The predicted molar refractivity (Wildman–Crippen MR) is 202 cm³/mol. The Morgan fingerprint density at radius 2 is 0.755 bits per heavy atom. The molecule has 2 N–H and O–H groups in total. The molecule has 6 heterocycles. The van der Waals surface area contributed by atoms with Crippen LogP contribution in [0.1, 0.15) is 22.8 Å². The maximum Gasteiger partial charge on any atom is 0.176 e. The minimum Gasteiger partial charge on any atom is -0.354 e. The van der Waals surface area contributed by atoms with Crippen molar-refractivity contribution in [2.45, 2.75) is 0 Å². The van der Waals surface area contributed by atoms with E-state index < -0.39 is 0 Å². The van der Waals surface area contributed by atoms with Crippen LogP contribution in [-0.4, -0.2) is 19.9 Å². The lowest BCUT2D eigenvalue weighted by Gasteiger charge is -2.06. The van der Waals surface area contributed by atoms with Gasteiger partial charge in [-0.05, 0) is 71.3 Å². The van der Waals surface area contributed by atoms with Crippen molar-refractivity contribution in [2.75, 3.05) is 0 Å². The van der Waals surface area contributed by atoms with E-state index in [0.717, 1.165) is 89.4 Å². The fraction of sp³-hybridized carbons (Fsp3) is 0.0227. The fourth-order valence-corrected chi connectivity index (χ4v) is 6.97. The molecule has 0 radical (unpaired) electrons. The topological polar surface area (TPSA) is 61.2 Å². The molecule has 3 aromatic carbocycles. The molecule has 2 aliphatic rings. The van der Waals surface area contributed by atoms with Crippen LogP contribution in [0.3, 0.4) is 0 Å². The van der Waals surface area contributed by atoms with Gasteiger partial charge in [-0.1, -0.05) is 91.0 Å². The molecule has 0 atom stereocenters. The van der Waals surface area contributed by atoms with E-state index in [0.29, 0.717) is 0 Å². The summed E-state index contributed by atoms with van der Waals surface area (Å²) in [6.45, 7) is 0. The quantitative estimate of drug-likeness (QED) is 0.190. The van der Waals surface area contributed by atoms with E-state index in [4.69, 9.17) is 9.97 Å². The van der Waals surface area contributed by atoms with E-state index in [2.05, 4.69) is 167 Å². The van der Waals surface area contributed by atoms with Gasteiger partial charge in [-0.3, -0.25) is 0 Å². The number of aromatic nitrogens is 5. The molecule has 232 valence electrons. The Labute approximate surface area is 284 Å². The van der Waals surface area contributed by atoms with Crippen molar-refractivity contribution >= 4 is 46.4 Å². The first kappa shape index (κ1) is 28.6. The Kier molecular flexibility index (Phi) is 6.95. The molecule has 5 heteroatoms. The fourth-order valence-electron chi connectivity index (χ4n) is 6.97. The Balaban J connectivity index is 1.49. The number of aromatic amines is 2. The minimum absolute atomic E-state index is 0.880. The molecule has 2 aliphatic heterocycles. The van der Waals surface area contributed by atoms with Gasteiger partial charge < -0.3 is 9.97 Å². The molecule has 4 aromatic heterocycles. The third-order valence-corrected chi connectivity index (χ3v) is 9.17. The van der Waals surface area contributed by atoms with Gasteiger partial charge >= 0.3 is 0 Å². The molecule has 0 saturated heterocycles. The third-order valence-electron chi connectivity index (χ3n) is 9.17. The van der Waals surface area contributed by atoms with Crippen LogP contribution in [0.4, 0.5) is 0 Å². The van der Waals surface area contributed by atoms with Gasteiger partial charge in [-0.15, -0.1) is 0 Å². The first-order chi connectivity index (χ1) is 24.2. The average molecular weight is 631 g/mol. The minimum atomic E-state index is 0.880. The van der Waals surface area contributed by atoms with Crippen LogP contribution in [0.15, 0.2) is 140 Å². The van der Waals surface area contributed by atoms with Gasteiger partial charge in [0.15, 0.2) is 12.4 Å². The molecule has 0 spiro atoms. The normalized spacial score (nSPS) is 12.0. The van der Waals surface area contributed by atoms with Crippen molar-refractivity contribution in [3.8, 4) is 44.5 Å². The number of rotatable bonds is 4. The summed E-state index contributed by atoms with van der Waals surface area (Å²) in [6.07, 6.45) is 12.7. The number of benzene rings is 3. The number of aryl methyl sites for hydroxylation is 1. The largest absolute Gasteiger partial charge is 0.354 e. The van der Waals surface area contributed by atoms with Crippen molar-refractivity contribution in [2.24, 2.45) is 7.05 Å². The van der Waals surface area contributed by atoms with Crippen molar-refractivity contribution in [1.29, 1.82) is 0 Å². The lowest BCUT2D eigenvalue weighted by molar-refractivity contribution is -0.671. The Morgan fingerprint density at radius 1 is 0.388 bits per heavy atom. The summed E-state index contributed by atoms with van der Waals surface area (Å²) in [6, 6.07) is 44.4. The summed E-state index contributed by atoms with van der Waals surface area (Å²) in [4.78, 5) is 18.3. The number of nitrogens with one attached hydrogen (secondary N) is 2. The monoisotopic (exact) mass is 630 g/mol. The Morgan fingerprint density at radius 3 is 1.18 bits per heavy atom. The highest BCUT2D eigenvalue weighted by Gasteiger charge is 2.19. The summed E-state index contributed by atoms with van der Waals surface area (Å²) < 4.78 is 2.09. The van der Waals surface area contributed by atoms with Gasteiger partial charge in [0.05, 0.1) is 22.8 Å². The standard InChI is InChI=1S/C44H32N5/c1-49-27-11-18-32(28-49)44-39-25-23-37(47-39)42(30-14-7-3-8-15-30)35-21-19-33(45-35)41(29-12-5-2-6-13-29)34-20-22-36(46-34)43(31-16-9-4-10-17-31)38-24-26-40(44)48-38/h2-28,47-48H,1H3/q+1. The molecule has 0 aliphatic carbocycles. The molecule has 5 nitrogen and oxygen atoms in total. The SMILES string of the molecule is C[n+]1cccc(-c2c3ccc([nH]3)c(-c3ccccc3)c3nc(c(-c4ccccc4)c4nc(c(-c5ccccc5)c5ccc2[nH]5)C=C4)C=C3)c1. The second-order valence-corrected chi connectivity index (χ2v) is 12.4. The second kappa shape index (κ2) is 11.9. The average Bonchev–Trinajstić information content (AvgIpc) is 3.97. The molecule has 0 saturated carbocycles. The predicted octanol–water partition coefficient (Wildman–Crippen LogP) is 10.1. The van der Waals surface area contributed by atoms with Crippen LogP contribution in [0.2, 0.25) is 0 Å². The van der Waals surface area contributed by atoms with Crippen LogP contribution >= 0.6 is 0 Å². The third kappa shape index (κ3) is 5.18. The lowest BCUT2D eigenvalue weighted by atomic mass is 10.0. The van der Waals surface area contributed by atoms with Crippen molar-refractivity contribution < 1.29 is 4.57 Å². The lowest BCUT2D eigenvalue weighted by Crippen LogP contribution is -2.26. The van der Waals surface area contributed by atoms with E-state index in [-0.39, 0.29) is 0 Å². The van der Waals surface area contributed by atoms with Gasteiger partial charge in [0, 0.05) is 56.0 Å². The van der Waals surface area contributed by atoms with Crippen molar-refractivity contribution in [3.63, 3.8) is 0 Å². The number of H-pyrrole nitrogens is 2. The van der Waals surface area contributed by atoms with Gasteiger partial charge in [0.25, 0.3) is 0 Å². The van der Waals surface area contributed by atoms with Gasteiger partial charge in [-0.2, -0.15) is 0 Å². The van der Waals surface area contributed by atoms with Crippen LogP contribution in [0.5, 0.6) is 0 Å². The first-order valence-electron chi connectivity index (χ1n) is 16.5. The van der Waals surface area contributed by atoms with Gasteiger partial charge in [0.2, 0.25) is 0 Å². The van der Waals surface area contributed by atoms with Crippen LogP contribution < -0.4 is 4.57 Å². The number of hydrogen-bond acceptors (Lipinski definition) is 2. The molecule has 49 heavy (non-hydrogen) atoms. The van der Waals surface area contributed by atoms with E-state index in [1.807, 2.05) is 18.2 Å². The Bertz CT molecular complexity index is 2450. The molecule has 0 amide bonds. The van der Waals surface area contributed by atoms with E-state index in [1.165, 1.54) is 0 Å². The molecular formula is C44H32N5+. The summed E-state index contributed by atoms with van der Waals surface area (Å²) in [5, 5.41) is 0. The molecule has 0 fully saturated rings. The number of pyridine rings is 1. The highest BCUT2D eigenvalue weighted by molar-refractivity contribution is 6.00.